The van der Waals surface area contributed by atoms with Gasteiger partial charge in [0.2, 0.25) is 5.91 Å². The number of rotatable bonds is 4. The Balaban J connectivity index is 2.44. The maximum absolute atomic E-state index is 11.5. The van der Waals surface area contributed by atoms with E-state index >= 15 is 0 Å². The van der Waals surface area contributed by atoms with Crippen LogP contribution in [-0.2, 0) is 9.59 Å². The summed E-state index contributed by atoms with van der Waals surface area (Å²) in [5.74, 6) is -0.673. The Morgan fingerprint density at radius 2 is 2.31 bits per heavy atom. The number of carbonyl (C=O) groups is 2. The zero-order valence-corrected chi connectivity index (χ0v) is 8.99. The molecule has 4 N–H and O–H groups in total. The van der Waals surface area contributed by atoms with E-state index in [1.165, 1.54) is 6.92 Å². The first-order valence-corrected chi connectivity index (χ1v) is 4.91. The SMILES string of the molecule is CC(O)(CO)CNC(=O)C1=NNC(=O)CC1. The summed E-state index contributed by atoms with van der Waals surface area (Å²) in [4.78, 5) is 22.3. The van der Waals surface area contributed by atoms with Crippen molar-refractivity contribution in [3.8, 4) is 0 Å². The second-order valence-corrected chi connectivity index (χ2v) is 3.93. The fraction of sp³-hybridized carbons (Fsp3) is 0.667. The number of carbonyl (C=O) groups excluding carboxylic acids is 2. The maximum atomic E-state index is 11.5. The Bertz CT molecular complexity index is 325. The lowest BCUT2D eigenvalue weighted by atomic mass is 10.1. The monoisotopic (exact) mass is 229 g/mol. The highest BCUT2D eigenvalue weighted by Crippen LogP contribution is 2.02. The molecule has 1 rings (SSSR count). The average Bonchev–Trinajstić information content (AvgIpc) is 2.27. The van der Waals surface area contributed by atoms with Gasteiger partial charge in [-0.2, -0.15) is 5.10 Å². The van der Waals surface area contributed by atoms with Crippen LogP contribution in [0.5, 0.6) is 0 Å². The quantitative estimate of drug-likeness (QED) is 0.451. The van der Waals surface area contributed by atoms with Crippen molar-refractivity contribution in [1.29, 1.82) is 0 Å². The van der Waals surface area contributed by atoms with E-state index in [4.69, 9.17) is 5.11 Å². The summed E-state index contributed by atoms with van der Waals surface area (Å²) in [6, 6.07) is 0. The fourth-order valence-corrected chi connectivity index (χ4v) is 1.07. The summed E-state index contributed by atoms with van der Waals surface area (Å²) in [5.41, 5.74) is 1.06. The molecule has 0 aromatic rings. The number of nitrogens with zero attached hydrogens (tertiary/aromatic N) is 1. The van der Waals surface area contributed by atoms with Gasteiger partial charge in [-0.1, -0.05) is 0 Å². The minimum atomic E-state index is -1.35. The molecule has 0 saturated carbocycles. The van der Waals surface area contributed by atoms with E-state index in [1.807, 2.05) is 0 Å². The molecule has 16 heavy (non-hydrogen) atoms. The molecule has 2 amide bonds. The van der Waals surface area contributed by atoms with E-state index in [2.05, 4.69) is 15.8 Å². The van der Waals surface area contributed by atoms with Crippen LogP contribution in [-0.4, -0.2) is 46.5 Å². The molecular formula is C9H15N3O4. The van der Waals surface area contributed by atoms with Crippen LogP contribution >= 0.6 is 0 Å². The molecule has 1 heterocycles. The number of hydrogen-bond donors (Lipinski definition) is 4. The van der Waals surface area contributed by atoms with Crippen molar-refractivity contribution < 1.29 is 19.8 Å². The van der Waals surface area contributed by atoms with E-state index in [9.17, 15) is 14.7 Å². The molecule has 1 aliphatic heterocycles. The molecule has 0 saturated heterocycles. The van der Waals surface area contributed by atoms with Gasteiger partial charge in [-0.15, -0.1) is 0 Å². The zero-order valence-electron chi connectivity index (χ0n) is 8.99. The number of hydrogen-bond acceptors (Lipinski definition) is 5. The largest absolute Gasteiger partial charge is 0.393 e. The van der Waals surface area contributed by atoms with Crippen LogP contribution in [0.25, 0.3) is 0 Å². The summed E-state index contributed by atoms with van der Waals surface area (Å²) >= 11 is 0. The molecule has 0 radical (unpaired) electrons. The van der Waals surface area contributed by atoms with Gasteiger partial charge in [-0.3, -0.25) is 9.59 Å². The predicted molar refractivity (Wildman–Crippen MR) is 55.5 cm³/mol. The van der Waals surface area contributed by atoms with Crippen LogP contribution in [0, 0.1) is 0 Å². The van der Waals surface area contributed by atoms with Gasteiger partial charge in [0, 0.05) is 19.4 Å². The van der Waals surface area contributed by atoms with Gasteiger partial charge < -0.3 is 15.5 Å². The van der Waals surface area contributed by atoms with E-state index in [-0.39, 0.29) is 31.0 Å². The lowest BCUT2D eigenvalue weighted by molar-refractivity contribution is -0.121. The smallest absolute Gasteiger partial charge is 0.267 e. The summed E-state index contributed by atoms with van der Waals surface area (Å²) in [6.45, 7) is 0.878. The van der Waals surface area contributed by atoms with Gasteiger partial charge in [0.1, 0.15) is 11.3 Å². The van der Waals surface area contributed by atoms with Gasteiger partial charge in [0.05, 0.1) is 6.61 Å². The standard InChI is InChI=1S/C9H15N3O4/c1-9(16,5-13)4-10-8(15)6-2-3-7(14)12-11-6/h13,16H,2-5H2,1H3,(H,10,15)(H,12,14). The molecule has 7 nitrogen and oxygen atoms in total. The normalized spacial score (nSPS) is 19.4. The molecule has 7 heteroatoms. The minimum absolute atomic E-state index is 0.0741. The van der Waals surface area contributed by atoms with Gasteiger partial charge in [-0.25, -0.2) is 5.43 Å². The van der Waals surface area contributed by atoms with Crippen molar-refractivity contribution in [3.05, 3.63) is 0 Å². The van der Waals surface area contributed by atoms with Gasteiger partial charge in [0.25, 0.3) is 5.91 Å². The number of aliphatic hydroxyl groups excluding tert-OH is 1. The van der Waals surface area contributed by atoms with E-state index in [0.717, 1.165) is 0 Å². The van der Waals surface area contributed by atoms with Crippen molar-refractivity contribution >= 4 is 17.5 Å². The second kappa shape index (κ2) is 5.04. The first kappa shape index (κ1) is 12.6. The molecule has 90 valence electrons. The van der Waals surface area contributed by atoms with E-state index in [0.29, 0.717) is 0 Å². The minimum Gasteiger partial charge on any atom is -0.393 e. The lowest BCUT2D eigenvalue weighted by Crippen LogP contribution is -2.46. The van der Waals surface area contributed by atoms with Crippen molar-refractivity contribution in [2.24, 2.45) is 5.10 Å². The number of amides is 2. The number of hydrazone groups is 1. The van der Waals surface area contributed by atoms with Crippen LogP contribution < -0.4 is 10.7 Å². The maximum Gasteiger partial charge on any atom is 0.267 e. The third kappa shape index (κ3) is 3.59. The second-order valence-electron chi connectivity index (χ2n) is 3.93. The highest BCUT2D eigenvalue weighted by molar-refractivity contribution is 6.39. The molecule has 0 aliphatic carbocycles. The molecule has 1 unspecified atom stereocenters. The van der Waals surface area contributed by atoms with Crippen LogP contribution in [0.4, 0.5) is 0 Å². The van der Waals surface area contributed by atoms with Crippen molar-refractivity contribution in [2.75, 3.05) is 13.2 Å². The first-order chi connectivity index (χ1) is 7.44. The van der Waals surface area contributed by atoms with Gasteiger partial charge >= 0.3 is 0 Å². The van der Waals surface area contributed by atoms with Crippen LogP contribution in [0.1, 0.15) is 19.8 Å². The van der Waals surface area contributed by atoms with Crippen LogP contribution in [0.2, 0.25) is 0 Å². The Morgan fingerprint density at radius 3 is 2.81 bits per heavy atom. The Kier molecular flexibility index (Phi) is 3.97. The predicted octanol–water partition coefficient (Wildman–Crippen LogP) is -1.89. The molecule has 0 spiro atoms. The van der Waals surface area contributed by atoms with Crippen molar-refractivity contribution in [1.82, 2.24) is 10.7 Å². The molecule has 1 aliphatic rings. The summed E-state index contributed by atoms with van der Waals surface area (Å²) in [5, 5.41) is 24.2. The molecule has 1 atom stereocenters. The highest BCUT2D eigenvalue weighted by atomic mass is 16.3. The van der Waals surface area contributed by atoms with Crippen LogP contribution in [0.3, 0.4) is 0 Å². The van der Waals surface area contributed by atoms with Gasteiger partial charge in [0.15, 0.2) is 0 Å². The van der Waals surface area contributed by atoms with Crippen molar-refractivity contribution in [2.45, 2.75) is 25.4 Å². The topological polar surface area (TPSA) is 111 Å². The third-order valence-electron chi connectivity index (χ3n) is 2.14. The summed E-state index contributed by atoms with van der Waals surface area (Å²) in [6.07, 6.45) is 0.502. The molecule has 0 bridgehead atoms. The Hall–Kier alpha value is -1.47. The fourth-order valence-electron chi connectivity index (χ4n) is 1.07. The van der Waals surface area contributed by atoms with E-state index in [1.54, 1.807) is 0 Å². The molecule has 0 fully saturated rings. The number of nitrogens with one attached hydrogen (secondary N) is 2. The lowest BCUT2D eigenvalue weighted by Gasteiger charge is -2.21. The summed E-state index contributed by atoms with van der Waals surface area (Å²) in [7, 11) is 0. The van der Waals surface area contributed by atoms with Crippen molar-refractivity contribution in [3.63, 3.8) is 0 Å². The molecular weight excluding hydrogens is 214 g/mol. The van der Waals surface area contributed by atoms with Gasteiger partial charge in [-0.05, 0) is 6.92 Å². The Labute approximate surface area is 92.5 Å². The van der Waals surface area contributed by atoms with Crippen LogP contribution in [0.15, 0.2) is 5.10 Å². The zero-order chi connectivity index (χ0) is 12.2. The average molecular weight is 229 g/mol. The highest BCUT2D eigenvalue weighted by Gasteiger charge is 2.23. The van der Waals surface area contributed by atoms with E-state index < -0.39 is 18.1 Å². The first-order valence-electron chi connectivity index (χ1n) is 4.91. The number of aliphatic hydroxyl groups is 2. The molecule has 0 aromatic heterocycles. The Morgan fingerprint density at radius 1 is 1.62 bits per heavy atom. The molecule has 0 aromatic carbocycles. The third-order valence-corrected chi connectivity index (χ3v) is 2.14. The summed E-state index contributed by atoms with van der Waals surface area (Å²) < 4.78 is 0.